The number of carbonyl (C=O) groups is 2. The first-order chi connectivity index (χ1) is 19.2. The number of aliphatic hydroxyl groups is 2. The number of benzene rings is 1. The molecular weight excluding hydrogens is 549 g/mol. The molecular formula is C28H42N5O5PS. The first kappa shape index (κ1) is 30.8. The number of β-amino-alcohol motifs (C(OH)–C–C–N with tert-alkyl or cyclic N) is 1. The number of aryl methyl sites for hydroxylation is 1. The Morgan fingerprint density at radius 3 is 2.70 bits per heavy atom. The zero-order chi connectivity index (χ0) is 28.8. The number of thiazole rings is 1. The second kappa shape index (κ2) is 14.2. The summed E-state index contributed by atoms with van der Waals surface area (Å²) >= 11 is 1.55. The fraction of sp³-hybridized carbons (Fsp3) is 0.607. The van der Waals surface area contributed by atoms with Crippen LogP contribution in [0.5, 0.6) is 5.75 Å². The minimum atomic E-state index is -0.811. The van der Waals surface area contributed by atoms with E-state index in [4.69, 9.17) is 4.74 Å². The van der Waals surface area contributed by atoms with Gasteiger partial charge in [-0.25, -0.2) is 4.98 Å². The summed E-state index contributed by atoms with van der Waals surface area (Å²) in [4.78, 5) is 35.8. The Morgan fingerprint density at radius 2 is 2.05 bits per heavy atom. The molecule has 2 aliphatic rings. The number of hydrogen-bond acceptors (Lipinski definition) is 9. The topological polar surface area (TPSA) is 127 Å². The molecule has 220 valence electrons. The largest absolute Gasteiger partial charge is 0.492 e. The zero-order valence-corrected chi connectivity index (χ0v) is 25.5. The molecule has 1 aromatic carbocycles. The molecule has 0 bridgehead atoms. The van der Waals surface area contributed by atoms with Crippen LogP contribution in [0.15, 0.2) is 23.7 Å². The van der Waals surface area contributed by atoms with Crippen molar-refractivity contribution in [2.75, 3.05) is 52.5 Å². The number of likely N-dealkylation sites (tertiary alicyclic amines) is 1. The van der Waals surface area contributed by atoms with Gasteiger partial charge in [-0.05, 0) is 24.5 Å². The first-order valence-electron chi connectivity index (χ1n) is 13.9. The maximum atomic E-state index is 13.5. The van der Waals surface area contributed by atoms with Crippen molar-refractivity contribution in [1.82, 2.24) is 25.4 Å². The number of nitrogens with one attached hydrogen (secondary N) is 2. The van der Waals surface area contributed by atoms with E-state index in [0.29, 0.717) is 17.9 Å². The Labute approximate surface area is 242 Å². The molecule has 5 atom stereocenters. The molecule has 0 radical (unpaired) electrons. The molecule has 0 aliphatic carbocycles. The van der Waals surface area contributed by atoms with Gasteiger partial charge in [-0.3, -0.25) is 14.5 Å². The van der Waals surface area contributed by atoms with Gasteiger partial charge in [0.05, 0.1) is 40.5 Å². The van der Waals surface area contributed by atoms with Crippen LogP contribution in [0.25, 0.3) is 10.4 Å². The van der Waals surface area contributed by atoms with Crippen LogP contribution in [-0.2, 0) is 9.59 Å². The van der Waals surface area contributed by atoms with Crippen molar-refractivity contribution in [1.29, 1.82) is 0 Å². The molecule has 1 aromatic heterocycles. The summed E-state index contributed by atoms with van der Waals surface area (Å²) in [5.74, 6) is 0.0762. The fourth-order valence-electron chi connectivity index (χ4n) is 5.16. The van der Waals surface area contributed by atoms with Gasteiger partial charge < -0.3 is 30.5 Å². The number of ether oxygens (including phenoxy) is 1. The van der Waals surface area contributed by atoms with Gasteiger partial charge in [-0.1, -0.05) is 26.0 Å². The van der Waals surface area contributed by atoms with Crippen LogP contribution in [-0.4, -0.2) is 107 Å². The zero-order valence-electron chi connectivity index (χ0n) is 23.5. The highest BCUT2D eigenvalue weighted by Crippen LogP contribution is 2.35. The van der Waals surface area contributed by atoms with E-state index in [0.717, 1.165) is 48.9 Å². The van der Waals surface area contributed by atoms with E-state index in [-0.39, 0.29) is 37.1 Å². The molecule has 2 aliphatic heterocycles. The number of amides is 2. The van der Waals surface area contributed by atoms with Crippen molar-refractivity contribution in [3.63, 3.8) is 0 Å². The molecule has 3 heterocycles. The predicted octanol–water partition coefficient (Wildman–Crippen LogP) is 1.41. The Balaban J connectivity index is 1.54. The van der Waals surface area contributed by atoms with Gasteiger partial charge >= 0.3 is 0 Å². The minimum Gasteiger partial charge on any atom is -0.492 e. The van der Waals surface area contributed by atoms with Crippen molar-refractivity contribution in [2.24, 2.45) is 5.92 Å². The van der Waals surface area contributed by atoms with E-state index in [1.807, 2.05) is 44.5 Å². The van der Waals surface area contributed by atoms with Crippen LogP contribution < -0.4 is 15.4 Å². The second-order valence-corrected chi connectivity index (χ2v) is 12.4. The Morgan fingerprint density at radius 1 is 1.30 bits per heavy atom. The number of aliphatic hydroxyl groups excluding tert-OH is 2. The summed E-state index contributed by atoms with van der Waals surface area (Å²) in [7, 11) is 2.55. The molecule has 2 saturated heterocycles. The lowest BCUT2D eigenvalue weighted by Gasteiger charge is -2.30. The van der Waals surface area contributed by atoms with Gasteiger partial charge in [0, 0.05) is 51.3 Å². The van der Waals surface area contributed by atoms with E-state index in [1.165, 1.54) is 4.90 Å². The lowest BCUT2D eigenvalue weighted by atomic mass is 10.0. The van der Waals surface area contributed by atoms with Crippen LogP contribution in [0.3, 0.4) is 0 Å². The van der Waals surface area contributed by atoms with Crippen LogP contribution in [0.4, 0.5) is 0 Å². The van der Waals surface area contributed by atoms with Crippen LogP contribution in [0, 0.1) is 12.8 Å². The van der Waals surface area contributed by atoms with Gasteiger partial charge in [0.2, 0.25) is 11.8 Å². The highest BCUT2D eigenvalue weighted by molar-refractivity contribution is 7.19. The van der Waals surface area contributed by atoms with E-state index in [2.05, 4.69) is 29.8 Å². The standard InChI is InChI=1S/C28H42N5O5PS/c1-17(2)25(39)28(37)33-14-20(35)13-23(33)27(36)31-22(15-34)21-5-4-19(26-18(3)30-16-40-26)12-24(21)38-11-10-32-8-6-29-7-9-32/h4-5,12,16-17,20,22-23,25,29,34-35H,6-11,13-15,39H2,1-3H3,(H,31,36). The quantitative estimate of drug-likeness (QED) is 0.289. The molecule has 40 heavy (non-hydrogen) atoms. The molecule has 12 heteroatoms. The second-order valence-electron chi connectivity index (χ2n) is 10.9. The van der Waals surface area contributed by atoms with Gasteiger partial charge in [0.25, 0.3) is 0 Å². The Hall–Kier alpha value is -2.14. The van der Waals surface area contributed by atoms with E-state index < -0.39 is 24.1 Å². The number of hydrogen-bond donors (Lipinski definition) is 4. The van der Waals surface area contributed by atoms with Crippen LogP contribution in [0.1, 0.15) is 37.6 Å². The average molecular weight is 592 g/mol. The molecule has 2 amide bonds. The summed E-state index contributed by atoms with van der Waals surface area (Å²) in [6.45, 7) is 10.7. The fourth-order valence-corrected chi connectivity index (χ4v) is 6.15. The number of carbonyl (C=O) groups excluding carboxylic acids is 2. The predicted molar refractivity (Wildman–Crippen MR) is 160 cm³/mol. The lowest BCUT2D eigenvalue weighted by Crippen LogP contribution is -2.50. The molecule has 4 rings (SSSR count). The number of nitrogens with zero attached hydrogens (tertiary/aromatic N) is 3. The monoisotopic (exact) mass is 591 g/mol. The number of piperazine rings is 1. The Bertz CT molecular complexity index is 1160. The highest BCUT2D eigenvalue weighted by Gasteiger charge is 2.41. The lowest BCUT2D eigenvalue weighted by molar-refractivity contribution is -0.139. The highest BCUT2D eigenvalue weighted by atomic mass is 32.1. The van der Waals surface area contributed by atoms with Crippen molar-refractivity contribution in [2.45, 2.75) is 51.0 Å². The smallest absolute Gasteiger partial charge is 0.243 e. The van der Waals surface area contributed by atoms with Crippen LogP contribution in [0.2, 0.25) is 0 Å². The van der Waals surface area contributed by atoms with Gasteiger partial charge in [0.15, 0.2) is 0 Å². The van der Waals surface area contributed by atoms with Crippen molar-refractivity contribution >= 4 is 32.4 Å². The molecule has 2 fully saturated rings. The number of rotatable bonds is 11. The molecule has 2 aromatic rings. The molecule has 0 spiro atoms. The summed E-state index contributed by atoms with van der Waals surface area (Å²) in [6, 6.07) is 4.21. The SMILES string of the molecule is Cc1ncsc1-c1ccc(C(CO)NC(=O)C2CC(O)CN2C(=O)C(P)C(C)C)c(OCCN2CCNCC2)c1. The Kier molecular flexibility index (Phi) is 10.9. The molecule has 0 saturated carbocycles. The maximum absolute atomic E-state index is 13.5. The van der Waals surface area contributed by atoms with E-state index >= 15 is 0 Å². The third-order valence-corrected chi connectivity index (χ3v) is 9.67. The maximum Gasteiger partial charge on any atom is 0.243 e. The summed E-state index contributed by atoms with van der Waals surface area (Å²) in [6.07, 6.45) is -0.620. The summed E-state index contributed by atoms with van der Waals surface area (Å²) < 4.78 is 6.30. The third kappa shape index (κ3) is 7.38. The van der Waals surface area contributed by atoms with Gasteiger partial charge in [-0.15, -0.1) is 20.6 Å². The van der Waals surface area contributed by atoms with Crippen molar-refractivity contribution in [3.8, 4) is 16.2 Å². The van der Waals surface area contributed by atoms with E-state index in [1.54, 1.807) is 11.3 Å². The molecule has 5 unspecified atom stereocenters. The van der Waals surface area contributed by atoms with E-state index in [9.17, 15) is 19.8 Å². The molecule has 4 N–H and O–H groups in total. The van der Waals surface area contributed by atoms with Gasteiger partial charge in [0.1, 0.15) is 18.4 Å². The third-order valence-electron chi connectivity index (χ3n) is 7.64. The first-order valence-corrected chi connectivity index (χ1v) is 15.5. The van der Waals surface area contributed by atoms with Crippen molar-refractivity contribution in [3.05, 3.63) is 35.0 Å². The summed E-state index contributed by atoms with van der Waals surface area (Å²) in [5, 5.41) is 27.0. The average Bonchev–Trinajstić information content (AvgIpc) is 3.56. The van der Waals surface area contributed by atoms with Gasteiger partial charge in [-0.2, -0.15) is 0 Å². The number of aromatic nitrogens is 1. The van der Waals surface area contributed by atoms with Crippen molar-refractivity contribution < 1.29 is 24.5 Å². The minimum absolute atomic E-state index is 0.0748. The summed E-state index contributed by atoms with van der Waals surface area (Å²) in [5.41, 5.74) is 3.99. The van der Waals surface area contributed by atoms with Crippen LogP contribution >= 0.6 is 20.6 Å². The normalized spacial score (nSPS) is 21.4. The molecule has 10 nitrogen and oxygen atoms in total.